The molecule has 14 heteroatoms. The average molecular weight is 546 g/mol. The highest BCUT2D eigenvalue weighted by molar-refractivity contribution is 7.52. The van der Waals surface area contributed by atoms with Crippen LogP contribution in [0.4, 0.5) is 4.39 Å². The van der Waals surface area contributed by atoms with E-state index in [4.69, 9.17) is 18.5 Å². The molecule has 0 aliphatic rings. The molecule has 0 aliphatic heterocycles. The molecular weight excluding hydrogens is 512 g/mol. The summed E-state index contributed by atoms with van der Waals surface area (Å²) in [6.45, 7) is 3.10. The second-order valence-electron chi connectivity index (χ2n) is 8.11. The minimum Gasteiger partial charge on any atom is -0.465 e. The number of alkyl halides is 1. The second kappa shape index (κ2) is 14.8. The Bertz CT molecular complexity index is 1140. The van der Waals surface area contributed by atoms with E-state index in [1.54, 1.807) is 18.2 Å². The number of unbranched alkanes of at least 4 members (excludes halogenated alkanes) is 1. The molecule has 0 aliphatic carbocycles. The van der Waals surface area contributed by atoms with E-state index in [0.29, 0.717) is 6.42 Å². The Morgan fingerprint density at radius 1 is 1.22 bits per heavy atom. The number of rotatable bonds is 16. The highest BCUT2D eigenvalue weighted by Crippen LogP contribution is 2.45. The normalized spacial score (nSPS) is 16.2. The van der Waals surface area contributed by atoms with Crippen LogP contribution in [0.1, 0.15) is 39.8 Å². The van der Waals surface area contributed by atoms with E-state index < -0.39 is 62.7 Å². The maximum Gasteiger partial charge on any atom is 0.459 e. The highest BCUT2D eigenvalue weighted by Gasteiger charge is 2.35. The van der Waals surface area contributed by atoms with Gasteiger partial charge < -0.3 is 19.1 Å². The van der Waals surface area contributed by atoms with Gasteiger partial charge in [-0.2, -0.15) is 5.09 Å². The topological polar surface area (TPSA) is 158 Å². The number of aliphatic hydroxyl groups is 1. The van der Waals surface area contributed by atoms with Crippen molar-refractivity contribution < 1.29 is 37.4 Å². The van der Waals surface area contributed by atoms with Crippen LogP contribution < -0.4 is 20.9 Å². The SMILES string of the molecule is CCCCOC(=O)[C@@H](C)NP(=O)(OC[C@@H](O[C@H](CF)n1ccc(=O)[nH]c1=O)[C@H](C)O)Oc1ccccc1. The molecular formula is C23H33FN3O9P. The number of hydrogen-bond acceptors (Lipinski definition) is 9. The molecule has 0 fully saturated rings. The predicted octanol–water partition coefficient (Wildman–Crippen LogP) is 2.30. The number of halogens is 1. The summed E-state index contributed by atoms with van der Waals surface area (Å²) in [7, 11) is -4.28. The molecule has 0 amide bonds. The van der Waals surface area contributed by atoms with E-state index >= 15 is 0 Å². The number of nitrogens with zero attached hydrogens (tertiary/aromatic N) is 1. The Kier molecular flexibility index (Phi) is 12.2. The summed E-state index contributed by atoms with van der Waals surface area (Å²) in [6.07, 6.45) is -1.56. The van der Waals surface area contributed by atoms with Crippen molar-refractivity contribution in [2.24, 2.45) is 0 Å². The molecule has 2 rings (SSSR count). The lowest BCUT2D eigenvalue weighted by atomic mass is 10.2. The summed E-state index contributed by atoms with van der Waals surface area (Å²) in [5.74, 6) is -0.506. The monoisotopic (exact) mass is 545 g/mol. The number of aromatic nitrogens is 2. The third kappa shape index (κ3) is 9.86. The standard InChI is InChI=1S/C23H33FN3O9P/c1-4-5-13-33-22(30)16(2)26-37(32,36-18-9-7-6-8-10-18)34-15-19(17(3)28)35-21(14-24)27-12-11-20(29)25-23(27)31/h6-12,16-17,19,21,28H,4-5,13-15H2,1-3H3,(H,26,32)(H,25,29,31)/t16-,17+,19-,21-,37?/m1/s1. The average Bonchev–Trinajstić information content (AvgIpc) is 2.85. The molecule has 2 aromatic rings. The van der Waals surface area contributed by atoms with E-state index in [1.807, 2.05) is 11.9 Å². The van der Waals surface area contributed by atoms with Crippen LogP contribution in [0.2, 0.25) is 0 Å². The van der Waals surface area contributed by atoms with Crippen LogP contribution in [-0.4, -0.2) is 58.8 Å². The van der Waals surface area contributed by atoms with Gasteiger partial charge in [0.25, 0.3) is 5.56 Å². The van der Waals surface area contributed by atoms with Crippen molar-refractivity contribution in [2.45, 2.75) is 58.1 Å². The van der Waals surface area contributed by atoms with Gasteiger partial charge >= 0.3 is 19.4 Å². The Morgan fingerprint density at radius 3 is 2.51 bits per heavy atom. The van der Waals surface area contributed by atoms with Gasteiger partial charge in [0.05, 0.1) is 19.3 Å². The van der Waals surface area contributed by atoms with Gasteiger partial charge in [0, 0.05) is 12.3 Å². The molecule has 1 aromatic heterocycles. The molecule has 0 bridgehead atoms. The maximum absolute atomic E-state index is 13.8. The number of hydrogen-bond donors (Lipinski definition) is 3. The fourth-order valence-corrected chi connectivity index (χ4v) is 4.44. The summed E-state index contributed by atoms with van der Waals surface area (Å²) in [5, 5.41) is 12.7. The summed E-state index contributed by atoms with van der Waals surface area (Å²) in [4.78, 5) is 37.6. The molecule has 0 radical (unpaired) electrons. The number of ether oxygens (including phenoxy) is 2. The largest absolute Gasteiger partial charge is 0.465 e. The number of carbonyl (C=O) groups is 1. The minimum atomic E-state index is -4.28. The van der Waals surface area contributed by atoms with Crippen LogP contribution in [0.5, 0.6) is 5.75 Å². The number of aromatic amines is 1. The van der Waals surface area contributed by atoms with E-state index in [0.717, 1.165) is 23.3 Å². The zero-order chi connectivity index (χ0) is 27.4. The number of benzene rings is 1. The van der Waals surface area contributed by atoms with Crippen molar-refractivity contribution in [1.29, 1.82) is 0 Å². The molecule has 206 valence electrons. The Morgan fingerprint density at radius 2 is 1.92 bits per heavy atom. The van der Waals surface area contributed by atoms with E-state index in [9.17, 15) is 28.4 Å². The van der Waals surface area contributed by atoms with Gasteiger partial charge in [-0.15, -0.1) is 0 Å². The molecule has 0 saturated heterocycles. The Balaban J connectivity index is 2.19. The fraction of sp³-hybridized carbons (Fsp3) is 0.522. The summed E-state index contributed by atoms with van der Waals surface area (Å²) < 4.78 is 49.9. The first kappa shape index (κ1) is 30.4. The first-order valence-corrected chi connectivity index (χ1v) is 13.3. The minimum absolute atomic E-state index is 0.167. The number of para-hydroxylation sites is 1. The Hall–Kier alpha value is -2.83. The summed E-state index contributed by atoms with van der Waals surface area (Å²) >= 11 is 0. The first-order chi connectivity index (χ1) is 17.6. The lowest BCUT2D eigenvalue weighted by molar-refractivity contribution is -0.145. The zero-order valence-electron chi connectivity index (χ0n) is 20.9. The van der Waals surface area contributed by atoms with Gasteiger partial charge in [-0.05, 0) is 32.4 Å². The van der Waals surface area contributed by atoms with Crippen LogP contribution in [0.3, 0.4) is 0 Å². The molecule has 0 saturated carbocycles. The van der Waals surface area contributed by atoms with Gasteiger partial charge in [-0.25, -0.2) is 13.8 Å². The third-order valence-electron chi connectivity index (χ3n) is 4.99. The number of carbonyl (C=O) groups excluding carboxylic acids is 1. The summed E-state index contributed by atoms with van der Waals surface area (Å²) in [6, 6.07) is 7.95. The van der Waals surface area contributed by atoms with Crippen molar-refractivity contribution in [3.63, 3.8) is 0 Å². The number of H-pyrrole nitrogens is 1. The van der Waals surface area contributed by atoms with Crippen LogP contribution >= 0.6 is 7.75 Å². The quantitative estimate of drug-likeness (QED) is 0.162. The van der Waals surface area contributed by atoms with E-state index in [2.05, 4.69) is 5.09 Å². The van der Waals surface area contributed by atoms with Crippen molar-refractivity contribution in [3.05, 3.63) is 63.4 Å². The van der Waals surface area contributed by atoms with Gasteiger partial charge in [0.2, 0.25) is 0 Å². The van der Waals surface area contributed by atoms with Crippen molar-refractivity contribution in [2.75, 3.05) is 19.9 Å². The van der Waals surface area contributed by atoms with E-state index in [-0.39, 0.29) is 12.4 Å². The molecule has 1 unspecified atom stereocenters. The van der Waals surface area contributed by atoms with Gasteiger partial charge in [0.15, 0.2) is 6.23 Å². The molecule has 0 spiro atoms. The third-order valence-corrected chi connectivity index (χ3v) is 6.63. The molecule has 3 N–H and O–H groups in total. The smallest absolute Gasteiger partial charge is 0.459 e. The number of nitrogens with one attached hydrogen (secondary N) is 2. The lowest BCUT2D eigenvalue weighted by Crippen LogP contribution is -2.40. The lowest BCUT2D eigenvalue weighted by Gasteiger charge is -2.28. The van der Waals surface area contributed by atoms with Crippen molar-refractivity contribution in [1.82, 2.24) is 14.6 Å². The van der Waals surface area contributed by atoms with E-state index in [1.165, 1.54) is 26.0 Å². The molecule has 5 atom stereocenters. The van der Waals surface area contributed by atoms with Gasteiger partial charge in [0.1, 0.15) is 24.6 Å². The van der Waals surface area contributed by atoms with Crippen LogP contribution in [0, 0.1) is 0 Å². The number of aliphatic hydroxyl groups excluding tert-OH is 1. The molecule has 37 heavy (non-hydrogen) atoms. The maximum atomic E-state index is 13.8. The van der Waals surface area contributed by atoms with Crippen LogP contribution in [0.15, 0.2) is 52.2 Å². The molecule has 1 heterocycles. The van der Waals surface area contributed by atoms with Crippen molar-refractivity contribution >= 4 is 13.7 Å². The number of esters is 1. The zero-order valence-corrected chi connectivity index (χ0v) is 21.8. The second-order valence-corrected chi connectivity index (χ2v) is 9.80. The van der Waals surface area contributed by atoms with Gasteiger partial charge in [-0.3, -0.25) is 23.7 Å². The molecule has 1 aromatic carbocycles. The predicted molar refractivity (Wildman–Crippen MR) is 132 cm³/mol. The molecule has 12 nitrogen and oxygen atoms in total. The van der Waals surface area contributed by atoms with Crippen molar-refractivity contribution in [3.8, 4) is 5.75 Å². The van der Waals surface area contributed by atoms with Gasteiger partial charge in [-0.1, -0.05) is 31.5 Å². The summed E-state index contributed by atoms with van der Waals surface area (Å²) in [5.41, 5.74) is -1.60. The first-order valence-electron chi connectivity index (χ1n) is 11.7. The Labute approximate surface area is 213 Å². The highest BCUT2D eigenvalue weighted by atomic mass is 31.2. The van der Waals surface area contributed by atoms with Crippen LogP contribution in [-0.2, 0) is 23.4 Å². The van der Waals surface area contributed by atoms with Crippen LogP contribution in [0.25, 0.3) is 0 Å². The fourth-order valence-electron chi connectivity index (χ4n) is 2.94.